The summed E-state index contributed by atoms with van der Waals surface area (Å²) in [6, 6.07) is 9.65. The Kier molecular flexibility index (Phi) is 8.61. The highest BCUT2D eigenvalue weighted by Crippen LogP contribution is 2.30. The summed E-state index contributed by atoms with van der Waals surface area (Å²) in [5, 5.41) is 5.40. The highest BCUT2D eigenvalue weighted by molar-refractivity contribution is 5.94. The molecule has 2 aromatic rings. The predicted octanol–water partition coefficient (Wildman–Crippen LogP) is 3.44. The first kappa shape index (κ1) is 23.2. The summed E-state index contributed by atoms with van der Waals surface area (Å²) in [6.07, 6.45) is 0. The number of aryl methyl sites for hydroxylation is 1. The molecule has 0 spiro atoms. The second-order valence-electron chi connectivity index (χ2n) is 6.76. The smallest absolute Gasteiger partial charge is 0.238 e. The highest BCUT2D eigenvalue weighted by atomic mass is 19.1. The van der Waals surface area contributed by atoms with E-state index in [1.54, 1.807) is 49.2 Å². The van der Waals surface area contributed by atoms with Crippen molar-refractivity contribution in [3.63, 3.8) is 0 Å². The van der Waals surface area contributed by atoms with E-state index in [1.807, 2.05) is 13.8 Å². The van der Waals surface area contributed by atoms with Gasteiger partial charge >= 0.3 is 0 Å². The van der Waals surface area contributed by atoms with Gasteiger partial charge in [-0.2, -0.15) is 0 Å². The number of nitrogens with zero attached hydrogens (tertiary/aromatic N) is 1. The van der Waals surface area contributed by atoms with Crippen molar-refractivity contribution in [2.75, 3.05) is 44.0 Å². The molecule has 0 fully saturated rings. The summed E-state index contributed by atoms with van der Waals surface area (Å²) in [4.78, 5) is 26.0. The average Bonchev–Trinajstić information content (AvgIpc) is 2.66. The average molecular weight is 417 g/mol. The van der Waals surface area contributed by atoms with Gasteiger partial charge in [0.25, 0.3) is 0 Å². The van der Waals surface area contributed by atoms with Gasteiger partial charge in [-0.05, 0) is 57.6 Å². The first-order valence-electron chi connectivity index (χ1n) is 9.76. The molecule has 7 nitrogen and oxygen atoms in total. The van der Waals surface area contributed by atoms with Gasteiger partial charge in [0.2, 0.25) is 11.8 Å². The minimum atomic E-state index is -0.387. The topological polar surface area (TPSA) is 79.9 Å². The number of nitrogens with one attached hydrogen (secondary N) is 2. The molecule has 0 bridgehead atoms. The lowest BCUT2D eigenvalue weighted by atomic mass is 10.2. The number of hydrogen-bond donors (Lipinski definition) is 2. The fraction of sp³-hybridized carbons (Fsp3) is 0.364. The SMILES string of the molecule is CCOc1ccc(NC(=O)CN(C)CC(=O)Nc2ccc(C)c(F)c2)cc1OCC. The van der Waals surface area contributed by atoms with Crippen LogP contribution in [-0.4, -0.2) is 50.1 Å². The van der Waals surface area contributed by atoms with Gasteiger partial charge < -0.3 is 20.1 Å². The van der Waals surface area contributed by atoms with Crippen molar-refractivity contribution in [1.82, 2.24) is 4.90 Å². The molecular formula is C22H28FN3O4. The fourth-order valence-corrected chi connectivity index (χ4v) is 2.75. The number of anilines is 2. The lowest BCUT2D eigenvalue weighted by molar-refractivity contribution is -0.119. The van der Waals surface area contributed by atoms with Gasteiger partial charge in [-0.25, -0.2) is 4.39 Å². The minimum Gasteiger partial charge on any atom is -0.490 e. The van der Waals surface area contributed by atoms with Crippen molar-refractivity contribution in [3.05, 3.63) is 47.8 Å². The molecule has 2 N–H and O–H groups in total. The van der Waals surface area contributed by atoms with Crippen LogP contribution in [0.4, 0.5) is 15.8 Å². The number of carbonyl (C=O) groups excluding carboxylic acids is 2. The van der Waals surface area contributed by atoms with Crippen LogP contribution in [0.1, 0.15) is 19.4 Å². The third kappa shape index (κ3) is 7.04. The largest absolute Gasteiger partial charge is 0.490 e. The molecule has 8 heteroatoms. The van der Waals surface area contributed by atoms with E-state index < -0.39 is 0 Å². The highest BCUT2D eigenvalue weighted by Gasteiger charge is 2.13. The first-order chi connectivity index (χ1) is 14.3. The molecule has 162 valence electrons. The quantitative estimate of drug-likeness (QED) is 0.619. The Morgan fingerprint density at radius 1 is 0.900 bits per heavy atom. The maximum Gasteiger partial charge on any atom is 0.238 e. The van der Waals surface area contributed by atoms with E-state index >= 15 is 0 Å². The molecule has 2 rings (SSSR count). The van der Waals surface area contributed by atoms with Crippen molar-refractivity contribution < 1.29 is 23.5 Å². The second kappa shape index (κ2) is 11.2. The van der Waals surface area contributed by atoms with Crippen molar-refractivity contribution in [2.24, 2.45) is 0 Å². The van der Waals surface area contributed by atoms with Crippen LogP contribution in [0.2, 0.25) is 0 Å². The Bertz CT molecular complexity index is 889. The molecule has 0 aromatic heterocycles. The van der Waals surface area contributed by atoms with Crippen molar-refractivity contribution in [2.45, 2.75) is 20.8 Å². The van der Waals surface area contributed by atoms with Gasteiger partial charge in [0.1, 0.15) is 5.82 Å². The number of rotatable bonds is 10. The van der Waals surface area contributed by atoms with Crippen LogP contribution >= 0.6 is 0 Å². The number of amides is 2. The molecule has 30 heavy (non-hydrogen) atoms. The number of hydrogen-bond acceptors (Lipinski definition) is 5. The molecule has 0 atom stereocenters. The van der Waals surface area contributed by atoms with Crippen molar-refractivity contribution >= 4 is 23.2 Å². The van der Waals surface area contributed by atoms with Crippen LogP contribution in [0.25, 0.3) is 0 Å². The molecule has 0 unspecified atom stereocenters. The predicted molar refractivity (Wildman–Crippen MR) is 115 cm³/mol. The van der Waals surface area contributed by atoms with Gasteiger partial charge in [-0.15, -0.1) is 0 Å². The summed E-state index contributed by atoms with van der Waals surface area (Å²) in [5.74, 6) is 0.155. The lowest BCUT2D eigenvalue weighted by Crippen LogP contribution is -2.36. The molecule has 2 amide bonds. The number of halogens is 1. The summed E-state index contributed by atoms with van der Waals surface area (Å²) >= 11 is 0. The molecule has 0 aliphatic heterocycles. The van der Waals surface area contributed by atoms with Gasteiger partial charge in [-0.3, -0.25) is 14.5 Å². The van der Waals surface area contributed by atoms with E-state index in [2.05, 4.69) is 10.6 Å². The van der Waals surface area contributed by atoms with E-state index in [4.69, 9.17) is 9.47 Å². The van der Waals surface area contributed by atoms with Gasteiger partial charge in [-0.1, -0.05) is 6.07 Å². The number of ether oxygens (including phenoxy) is 2. The van der Waals surface area contributed by atoms with E-state index in [9.17, 15) is 14.0 Å². The standard InChI is InChI=1S/C22H28FN3O4/c1-5-29-19-10-9-17(12-20(19)30-6-2)25-22(28)14-26(4)13-21(27)24-16-8-7-15(3)18(23)11-16/h7-12H,5-6,13-14H2,1-4H3,(H,24,27)(H,25,28). The molecule has 2 aromatic carbocycles. The molecule has 0 aliphatic carbocycles. The Morgan fingerprint density at radius 2 is 1.43 bits per heavy atom. The van der Waals surface area contributed by atoms with E-state index in [-0.39, 0.29) is 30.7 Å². The molecule has 0 heterocycles. The summed E-state index contributed by atoms with van der Waals surface area (Å²) in [5.41, 5.74) is 1.45. The molecule has 0 aliphatic rings. The number of benzene rings is 2. The van der Waals surface area contributed by atoms with E-state index in [0.29, 0.717) is 41.7 Å². The zero-order valence-electron chi connectivity index (χ0n) is 17.8. The Labute approximate surface area is 176 Å². The van der Waals surface area contributed by atoms with E-state index in [0.717, 1.165) is 0 Å². The first-order valence-corrected chi connectivity index (χ1v) is 9.76. The molecule has 0 radical (unpaired) electrons. The maximum atomic E-state index is 13.6. The Hall–Kier alpha value is -3.13. The zero-order valence-corrected chi connectivity index (χ0v) is 17.8. The van der Waals surface area contributed by atoms with Crippen LogP contribution < -0.4 is 20.1 Å². The normalized spacial score (nSPS) is 10.6. The minimum absolute atomic E-state index is 0.00680. The van der Waals surface area contributed by atoms with Crippen molar-refractivity contribution in [1.29, 1.82) is 0 Å². The molecular weight excluding hydrogens is 389 g/mol. The Balaban J connectivity index is 1.88. The fourth-order valence-electron chi connectivity index (χ4n) is 2.75. The summed E-state index contributed by atoms with van der Waals surface area (Å²) in [7, 11) is 1.65. The molecule has 0 saturated carbocycles. The third-order valence-electron chi connectivity index (χ3n) is 4.11. The van der Waals surface area contributed by atoms with E-state index in [1.165, 1.54) is 6.07 Å². The van der Waals surface area contributed by atoms with Gasteiger partial charge in [0.15, 0.2) is 11.5 Å². The monoisotopic (exact) mass is 417 g/mol. The van der Waals surface area contributed by atoms with Crippen LogP contribution in [0.3, 0.4) is 0 Å². The lowest BCUT2D eigenvalue weighted by Gasteiger charge is -2.17. The van der Waals surface area contributed by atoms with Gasteiger partial charge in [0, 0.05) is 17.4 Å². The van der Waals surface area contributed by atoms with Crippen LogP contribution in [-0.2, 0) is 9.59 Å². The van der Waals surface area contributed by atoms with Gasteiger partial charge in [0.05, 0.1) is 26.3 Å². The van der Waals surface area contributed by atoms with Crippen LogP contribution in [0.5, 0.6) is 11.5 Å². The van der Waals surface area contributed by atoms with Crippen LogP contribution in [0.15, 0.2) is 36.4 Å². The zero-order chi connectivity index (χ0) is 22.1. The second-order valence-corrected chi connectivity index (χ2v) is 6.76. The number of carbonyl (C=O) groups is 2. The summed E-state index contributed by atoms with van der Waals surface area (Å²) in [6.45, 7) is 6.37. The molecule has 0 saturated heterocycles. The summed E-state index contributed by atoms with van der Waals surface area (Å²) < 4.78 is 24.6. The maximum absolute atomic E-state index is 13.6. The van der Waals surface area contributed by atoms with Crippen LogP contribution in [0, 0.1) is 12.7 Å². The van der Waals surface area contributed by atoms with Crippen molar-refractivity contribution in [3.8, 4) is 11.5 Å². The number of likely N-dealkylation sites (N-methyl/N-ethyl adjacent to an activating group) is 1. The Morgan fingerprint density at radius 3 is 2.00 bits per heavy atom. The third-order valence-corrected chi connectivity index (χ3v) is 4.11.